The van der Waals surface area contributed by atoms with Crippen LogP contribution in [-0.4, -0.2) is 32.7 Å². The van der Waals surface area contributed by atoms with E-state index in [4.69, 9.17) is 14.2 Å². The molecular weight excluding hydrogens is 334 g/mol. The zero-order valence-electron chi connectivity index (χ0n) is 14.7. The second-order valence-corrected chi connectivity index (χ2v) is 5.30. The molecule has 6 nitrogen and oxygen atoms in total. The van der Waals surface area contributed by atoms with Crippen LogP contribution in [0.5, 0.6) is 11.5 Å². The molecule has 0 saturated carbocycles. The largest absolute Gasteiger partial charge is 0.497 e. The minimum atomic E-state index is -0.590. The number of hydrogen-bond donors (Lipinski definition) is 1. The molecule has 0 unspecified atom stereocenters. The molecule has 0 atom stereocenters. The fourth-order valence-electron chi connectivity index (χ4n) is 2.16. The fourth-order valence-corrected chi connectivity index (χ4v) is 2.16. The summed E-state index contributed by atoms with van der Waals surface area (Å²) in [5.74, 6) is 0.444. The van der Waals surface area contributed by atoms with E-state index in [9.17, 15) is 9.59 Å². The molecule has 2 rings (SSSR count). The van der Waals surface area contributed by atoms with Gasteiger partial charge in [0.15, 0.2) is 6.61 Å². The Kier molecular flexibility index (Phi) is 7.24. The molecule has 0 heterocycles. The molecule has 1 N–H and O–H groups in total. The number of rotatable bonds is 8. The van der Waals surface area contributed by atoms with E-state index in [0.29, 0.717) is 12.3 Å². The Morgan fingerprint density at radius 3 is 2.42 bits per heavy atom. The van der Waals surface area contributed by atoms with Crippen LogP contribution in [0.25, 0.3) is 6.08 Å². The zero-order chi connectivity index (χ0) is 18.8. The molecule has 0 radical (unpaired) electrons. The lowest BCUT2D eigenvalue weighted by molar-refractivity contribution is -0.143. The molecule has 2 aromatic carbocycles. The summed E-state index contributed by atoms with van der Waals surface area (Å²) in [6.07, 6.45) is 2.88. The van der Waals surface area contributed by atoms with Crippen molar-refractivity contribution in [2.24, 2.45) is 0 Å². The van der Waals surface area contributed by atoms with Crippen LogP contribution >= 0.6 is 0 Å². The first-order valence-corrected chi connectivity index (χ1v) is 8.00. The highest BCUT2D eigenvalue weighted by atomic mass is 16.5. The average Bonchev–Trinajstić information content (AvgIpc) is 2.69. The summed E-state index contributed by atoms with van der Waals surface area (Å²) in [5.41, 5.74) is 1.66. The summed E-state index contributed by atoms with van der Waals surface area (Å²) in [4.78, 5) is 23.5. The van der Waals surface area contributed by atoms with Gasteiger partial charge in [-0.05, 0) is 29.8 Å². The number of nitrogens with one attached hydrogen (secondary N) is 1. The van der Waals surface area contributed by atoms with Crippen molar-refractivity contribution in [3.8, 4) is 11.5 Å². The first-order valence-electron chi connectivity index (χ1n) is 8.00. The summed E-state index contributed by atoms with van der Waals surface area (Å²) in [5, 5.41) is 2.68. The maximum Gasteiger partial charge on any atom is 0.331 e. The molecule has 26 heavy (non-hydrogen) atoms. The van der Waals surface area contributed by atoms with Crippen LogP contribution < -0.4 is 14.8 Å². The van der Waals surface area contributed by atoms with Crippen LogP contribution in [0.15, 0.2) is 54.6 Å². The molecule has 0 aliphatic heterocycles. The number of carbonyl (C=O) groups excluding carboxylic acids is 2. The van der Waals surface area contributed by atoms with Crippen molar-refractivity contribution in [1.82, 2.24) is 5.32 Å². The molecule has 0 saturated heterocycles. The van der Waals surface area contributed by atoms with E-state index in [-0.39, 0.29) is 12.5 Å². The highest BCUT2D eigenvalue weighted by Crippen LogP contribution is 2.16. The highest BCUT2D eigenvalue weighted by molar-refractivity contribution is 5.89. The number of benzene rings is 2. The van der Waals surface area contributed by atoms with Gasteiger partial charge in [0.2, 0.25) is 0 Å². The fraction of sp³-hybridized carbons (Fsp3) is 0.200. The van der Waals surface area contributed by atoms with Crippen LogP contribution in [-0.2, 0) is 20.9 Å². The molecule has 0 aliphatic rings. The SMILES string of the molecule is COc1ccc(/C=C/C(=O)OCC(=O)NCc2ccccc2OC)cc1. The molecule has 1 amide bonds. The van der Waals surface area contributed by atoms with Crippen LogP contribution in [0.2, 0.25) is 0 Å². The van der Waals surface area contributed by atoms with Gasteiger partial charge >= 0.3 is 5.97 Å². The number of hydrogen-bond acceptors (Lipinski definition) is 5. The number of ether oxygens (including phenoxy) is 3. The van der Waals surface area contributed by atoms with Gasteiger partial charge in [0.1, 0.15) is 11.5 Å². The quantitative estimate of drug-likeness (QED) is 0.582. The second-order valence-electron chi connectivity index (χ2n) is 5.30. The van der Waals surface area contributed by atoms with Crippen molar-refractivity contribution in [3.63, 3.8) is 0 Å². The van der Waals surface area contributed by atoms with E-state index in [1.807, 2.05) is 36.4 Å². The van der Waals surface area contributed by atoms with Crippen molar-refractivity contribution in [2.75, 3.05) is 20.8 Å². The smallest absolute Gasteiger partial charge is 0.331 e. The Hall–Kier alpha value is -3.28. The summed E-state index contributed by atoms with van der Waals surface area (Å²) in [6, 6.07) is 14.6. The molecule has 0 aliphatic carbocycles. The number of amides is 1. The first kappa shape index (κ1) is 19.1. The van der Waals surface area contributed by atoms with Gasteiger partial charge in [-0.15, -0.1) is 0 Å². The molecule has 0 spiro atoms. The molecule has 136 valence electrons. The Morgan fingerprint density at radius 2 is 1.73 bits per heavy atom. The van der Waals surface area contributed by atoms with Crippen molar-refractivity contribution in [2.45, 2.75) is 6.54 Å². The van der Waals surface area contributed by atoms with E-state index in [0.717, 1.165) is 16.9 Å². The topological polar surface area (TPSA) is 73.9 Å². The summed E-state index contributed by atoms with van der Waals surface area (Å²) in [6.45, 7) is -0.0526. The monoisotopic (exact) mass is 355 g/mol. The third kappa shape index (κ3) is 5.98. The molecule has 6 heteroatoms. The standard InChI is InChI=1S/C20H21NO5/c1-24-17-10-7-15(8-11-17)9-12-20(23)26-14-19(22)21-13-16-5-3-4-6-18(16)25-2/h3-12H,13-14H2,1-2H3,(H,21,22)/b12-9+. The van der Waals surface area contributed by atoms with Crippen LogP contribution in [0.3, 0.4) is 0 Å². The van der Waals surface area contributed by atoms with Crippen molar-refractivity contribution in [3.05, 3.63) is 65.7 Å². The van der Waals surface area contributed by atoms with Gasteiger partial charge in [0.25, 0.3) is 5.91 Å². The van der Waals surface area contributed by atoms with Gasteiger partial charge < -0.3 is 19.5 Å². The highest BCUT2D eigenvalue weighted by Gasteiger charge is 2.07. The van der Waals surface area contributed by atoms with E-state index in [1.54, 1.807) is 32.4 Å². The van der Waals surface area contributed by atoms with E-state index < -0.39 is 5.97 Å². The zero-order valence-corrected chi connectivity index (χ0v) is 14.7. The predicted molar refractivity (Wildman–Crippen MR) is 97.8 cm³/mol. The van der Waals surface area contributed by atoms with Crippen molar-refractivity contribution < 1.29 is 23.8 Å². The van der Waals surface area contributed by atoms with Crippen LogP contribution in [0.4, 0.5) is 0 Å². The molecule has 0 aromatic heterocycles. The molecule has 0 fully saturated rings. The number of carbonyl (C=O) groups is 2. The van der Waals surface area contributed by atoms with E-state index >= 15 is 0 Å². The minimum absolute atomic E-state index is 0.294. The van der Waals surface area contributed by atoms with Gasteiger partial charge in [0, 0.05) is 18.2 Å². The molecule has 0 bridgehead atoms. The lowest BCUT2D eigenvalue weighted by Gasteiger charge is -2.09. The number of esters is 1. The second kappa shape index (κ2) is 9.88. The van der Waals surface area contributed by atoms with Gasteiger partial charge in [-0.2, -0.15) is 0 Å². The Labute approximate surface area is 152 Å². The van der Waals surface area contributed by atoms with Crippen LogP contribution in [0.1, 0.15) is 11.1 Å². The summed E-state index contributed by atoms with van der Waals surface area (Å²) >= 11 is 0. The minimum Gasteiger partial charge on any atom is -0.497 e. The van der Waals surface area contributed by atoms with Crippen molar-refractivity contribution >= 4 is 18.0 Å². The van der Waals surface area contributed by atoms with Gasteiger partial charge in [-0.25, -0.2) is 4.79 Å². The summed E-state index contributed by atoms with van der Waals surface area (Å²) < 4.78 is 15.2. The van der Waals surface area contributed by atoms with E-state index in [1.165, 1.54) is 6.08 Å². The first-order chi connectivity index (χ1) is 12.6. The third-order valence-corrected chi connectivity index (χ3v) is 3.54. The van der Waals surface area contributed by atoms with E-state index in [2.05, 4.69) is 5.32 Å². The van der Waals surface area contributed by atoms with Gasteiger partial charge in [-0.3, -0.25) is 4.79 Å². The average molecular weight is 355 g/mol. The lowest BCUT2D eigenvalue weighted by atomic mass is 10.2. The maximum atomic E-state index is 11.8. The normalized spacial score (nSPS) is 10.4. The van der Waals surface area contributed by atoms with Crippen molar-refractivity contribution in [1.29, 1.82) is 0 Å². The number of para-hydroxylation sites is 1. The Morgan fingerprint density at radius 1 is 1.00 bits per heavy atom. The summed E-state index contributed by atoms with van der Waals surface area (Å²) in [7, 11) is 3.15. The van der Waals surface area contributed by atoms with Gasteiger partial charge in [-0.1, -0.05) is 30.3 Å². The van der Waals surface area contributed by atoms with Crippen LogP contribution in [0, 0.1) is 0 Å². The Bertz CT molecular complexity index is 768. The molecular formula is C20H21NO5. The third-order valence-electron chi connectivity index (χ3n) is 3.54. The van der Waals surface area contributed by atoms with Gasteiger partial charge in [0.05, 0.1) is 14.2 Å². The number of methoxy groups -OCH3 is 2. The predicted octanol–water partition coefficient (Wildman–Crippen LogP) is 2.58. The Balaban J connectivity index is 1.75. The maximum absolute atomic E-state index is 11.8. The lowest BCUT2D eigenvalue weighted by Crippen LogP contribution is -2.28. The molecule has 2 aromatic rings.